The van der Waals surface area contributed by atoms with Crippen molar-refractivity contribution in [1.82, 2.24) is 0 Å². The zero-order valence-corrected chi connectivity index (χ0v) is 11.0. The Morgan fingerprint density at radius 1 is 1.60 bits per heavy atom. The van der Waals surface area contributed by atoms with Gasteiger partial charge in [0, 0.05) is 9.35 Å². The Morgan fingerprint density at radius 2 is 2.33 bits per heavy atom. The summed E-state index contributed by atoms with van der Waals surface area (Å²) in [5.74, 6) is 0.570. The topological polar surface area (TPSA) is 33.4 Å². The van der Waals surface area contributed by atoms with Crippen molar-refractivity contribution in [2.75, 3.05) is 0 Å². The van der Waals surface area contributed by atoms with E-state index in [1.54, 1.807) is 12.3 Å². The number of hydrogen-bond donors (Lipinski definition) is 1. The number of aliphatic hydroxyl groups excluding tert-OH is 1. The second kappa shape index (κ2) is 4.29. The van der Waals surface area contributed by atoms with E-state index in [1.807, 2.05) is 13.0 Å². The molecule has 0 aromatic carbocycles. The molecule has 2 aromatic rings. The SMILES string of the molecule is Cc1ccoc1C(O)c1cc(Br)c(Cl)s1. The van der Waals surface area contributed by atoms with E-state index >= 15 is 0 Å². The predicted molar refractivity (Wildman–Crippen MR) is 64.5 cm³/mol. The monoisotopic (exact) mass is 306 g/mol. The molecule has 0 saturated carbocycles. The summed E-state index contributed by atoms with van der Waals surface area (Å²) >= 11 is 10.5. The number of hydrogen-bond acceptors (Lipinski definition) is 3. The molecule has 0 bridgehead atoms. The van der Waals surface area contributed by atoms with Crippen LogP contribution in [0.1, 0.15) is 22.3 Å². The van der Waals surface area contributed by atoms with Crippen LogP contribution >= 0.6 is 38.9 Å². The fraction of sp³-hybridized carbons (Fsp3) is 0.200. The summed E-state index contributed by atoms with van der Waals surface area (Å²) in [6, 6.07) is 3.63. The molecule has 0 aliphatic heterocycles. The highest BCUT2D eigenvalue weighted by atomic mass is 79.9. The average molecular weight is 308 g/mol. The summed E-state index contributed by atoms with van der Waals surface area (Å²) in [7, 11) is 0. The first-order valence-electron chi connectivity index (χ1n) is 4.26. The molecule has 0 saturated heterocycles. The Hall–Kier alpha value is -0.290. The summed E-state index contributed by atoms with van der Waals surface area (Å²) in [6.07, 6.45) is 0.826. The summed E-state index contributed by atoms with van der Waals surface area (Å²) in [4.78, 5) is 0.768. The maximum absolute atomic E-state index is 10.0. The van der Waals surface area contributed by atoms with Gasteiger partial charge in [0.15, 0.2) is 0 Å². The second-order valence-corrected chi connectivity index (χ2v) is 5.68. The summed E-state index contributed by atoms with van der Waals surface area (Å²) in [6.45, 7) is 1.90. The Morgan fingerprint density at radius 3 is 2.80 bits per heavy atom. The standard InChI is InChI=1S/C10H8BrClO2S/c1-5-2-3-14-9(5)8(13)7-4-6(11)10(12)15-7/h2-4,8,13H,1H3. The van der Waals surface area contributed by atoms with Crippen LogP contribution in [0.3, 0.4) is 0 Å². The van der Waals surface area contributed by atoms with Crippen molar-refractivity contribution in [1.29, 1.82) is 0 Å². The van der Waals surface area contributed by atoms with Crippen molar-refractivity contribution >= 4 is 38.9 Å². The molecule has 1 unspecified atom stereocenters. The molecule has 1 atom stereocenters. The van der Waals surface area contributed by atoms with E-state index in [-0.39, 0.29) is 0 Å². The molecule has 1 N–H and O–H groups in total. The third-order valence-corrected chi connectivity index (χ3v) is 4.61. The molecule has 0 spiro atoms. The summed E-state index contributed by atoms with van der Waals surface area (Å²) in [5.41, 5.74) is 0.933. The molecule has 2 nitrogen and oxygen atoms in total. The van der Waals surface area contributed by atoms with E-state index in [2.05, 4.69) is 15.9 Å². The molecular formula is C10H8BrClO2S. The lowest BCUT2D eigenvalue weighted by Crippen LogP contribution is -1.96. The van der Waals surface area contributed by atoms with E-state index in [0.29, 0.717) is 10.1 Å². The number of aryl methyl sites for hydroxylation is 1. The van der Waals surface area contributed by atoms with Crippen LogP contribution in [-0.2, 0) is 0 Å². The Kier molecular flexibility index (Phi) is 3.21. The predicted octanol–water partition coefficient (Wildman–Crippen LogP) is 4.15. The molecule has 0 aliphatic carbocycles. The molecule has 80 valence electrons. The maximum atomic E-state index is 10.0. The lowest BCUT2D eigenvalue weighted by molar-refractivity contribution is 0.192. The van der Waals surface area contributed by atoms with Crippen LogP contribution < -0.4 is 0 Å². The third-order valence-electron chi connectivity index (χ3n) is 2.08. The van der Waals surface area contributed by atoms with Gasteiger partial charge in [-0.3, -0.25) is 0 Å². The Bertz CT molecular complexity index is 458. The van der Waals surface area contributed by atoms with Gasteiger partial charge >= 0.3 is 0 Å². The number of furan rings is 1. The molecular weight excluding hydrogens is 300 g/mol. The van der Waals surface area contributed by atoms with Crippen LogP contribution in [-0.4, -0.2) is 5.11 Å². The maximum Gasteiger partial charge on any atom is 0.146 e. The van der Waals surface area contributed by atoms with Gasteiger partial charge in [0.25, 0.3) is 0 Å². The zero-order valence-electron chi connectivity index (χ0n) is 7.83. The molecule has 2 heterocycles. The van der Waals surface area contributed by atoms with E-state index < -0.39 is 6.10 Å². The van der Waals surface area contributed by atoms with Gasteiger partial charge < -0.3 is 9.52 Å². The van der Waals surface area contributed by atoms with Gasteiger partial charge in [-0.25, -0.2) is 0 Å². The minimum atomic E-state index is -0.742. The minimum Gasteiger partial charge on any atom is -0.466 e. The van der Waals surface area contributed by atoms with Crippen molar-refractivity contribution in [2.45, 2.75) is 13.0 Å². The van der Waals surface area contributed by atoms with Crippen molar-refractivity contribution in [3.05, 3.63) is 43.4 Å². The van der Waals surface area contributed by atoms with Crippen LogP contribution in [0.4, 0.5) is 0 Å². The number of thiophene rings is 1. The normalized spacial score (nSPS) is 13.1. The Labute approximate surface area is 105 Å². The smallest absolute Gasteiger partial charge is 0.146 e. The fourth-order valence-corrected chi connectivity index (χ4v) is 3.01. The van der Waals surface area contributed by atoms with Gasteiger partial charge in [-0.05, 0) is 40.5 Å². The van der Waals surface area contributed by atoms with E-state index in [1.165, 1.54) is 11.3 Å². The minimum absolute atomic E-state index is 0.570. The van der Waals surface area contributed by atoms with E-state index in [9.17, 15) is 5.11 Å². The number of rotatable bonds is 2. The lowest BCUT2D eigenvalue weighted by atomic mass is 10.1. The van der Waals surface area contributed by atoms with Crippen LogP contribution in [0.15, 0.2) is 27.3 Å². The first kappa shape index (κ1) is 11.2. The largest absolute Gasteiger partial charge is 0.466 e. The third kappa shape index (κ3) is 2.13. The van der Waals surface area contributed by atoms with Crippen LogP contribution in [0.2, 0.25) is 4.34 Å². The molecule has 0 aliphatic rings. The Balaban J connectivity index is 2.36. The number of aliphatic hydroxyl groups is 1. The van der Waals surface area contributed by atoms with E-state index in [0.717, 1.165) is 14.9 Å². The summed E-state index contributed by atoms with van der Waals surface area (Å²) < 4.78 is 6.66. The van der Waals surface area contributed by atoms with Gasteiger partial charge in [-0.1, -0.05) is 11.6 Å². The highest BCUT2D eigenvalue weighted by Crippen LogP contribution is 2.38. The van der Waals surface area contributed by atoms with Crippen LogP contribution in [0.5, 0.6) is 0 Å². The number of halogens is 2. The highest BCUT2D eigenvalue weighted by Gasteiger charge is 2.19. The zero-order chi connectivity index (χ0) is 11.0. The van der Waals surface area contributed by atoms with Gasteiger partial charge in [0.05, 0.1) is 6.26 Å². The summed E-state index contributed by atoms with van der Waals surface area (Å²) in [5, 5.41) is 10.0. The highest BCUT2D eigenvalue weighted by molar-refractivity contribution is 9.10. The van der Waals surface area contributed by atoms with Gasteiger partial charge in [-0.2, -0.15) is 0 Å². The molecule has 0 fully saturated rings. The van der Waals surface area contributed by atoms with Crippen molar-refractivity contribution < 1.29 is 9.52 Å². The lowest BCUT2D eigenvalue weighted by Gasteiger charge is -2.05. The average Bonchev–Trinajstić information content (AvgIpc) is 2.74. The van der Waals surface area contributed by atoms with Gasteiger partial charge in [0.2, 0.25) is 0 Å². The van der Waals surface area contributed by atoms with Gasteiger partial charge in [0.1, 0.15) is 16.2 Å². The van der Waals surface area contributed by atoms with Crippen molar-refractivity contribution in [2.24, 2.45) is 0 Å². The van der Waals surface area contributed by atoms with Crippen LogP contribution in [0, 0.1) is 6.92 Å². The molecule has 15 heavy (non-hydrogen) atoms. The fourth-order valence-electron chi connectivity index (χ4n) is 1.29. The van der Waals surface area contributed by atoms with Crippen molar-refractivity contribution in [3.63, 3.8) is 0 Å². The van der Waals surface area contributed by atoms with Crippen molar-refractivity contribution in [3.8, 4) is 0 Å². The van der Waals surface area contributed by atoms with Gasteiger partial charge in [-0.15, -0.1) is 11.3 Å². The van der Waals surface area contributed by atoms with Crippen LogP contribution in [0.25, 0.3) is 0 Å². The quantitative estimate of drug-likeness (QED) is 0.904. The molecule has 0 radical (unpaired) electrons. The van der Waals surface area contributed by atoms with E-state index in [4.69, 9.17) is 16.0 Å². The first-order valence-corrected chi connectivity index (χ1v) is 6.25. The second-order valence-electron chi connectivity index (χ2n) is 3.14. The first-order chi connectivity index (χ1) is 7.09. The molecule has 2 aromatic heterocycles. The molecule has 5 heteroatoms. The molecule has 0 amide bonds. The molecule has 2 rings (SSSR count).